The molecule has 0 spiro atoms. The SMILES string of the molecule is CC(=O)Nc1ccc(CO)cc1-c1c(C)cc(OCC2(O)CCSCC2)cc1Cl. The second kappa shape index (κ2) is 9.39. The minimum atomic E-state index is -0.793. The molecule has 1 fully saturated rings. The molecule has 0 aromatic heterocycles. The van der Waals surface area contributed by atoms with E-state index in [0.717, 1.165) is 46.6 Å². The average Bonchev–Trinajstić information content (AvgIpc) is 2.67. The fourth-order valence-corrected chi connectivity index (χ4v) is 5.06. The summed E-state index contributed by atoms with van der Waals surface area (Å²) in [6, 6.07) is 8.96. The molecule has 5 nitrogen and oxygen atoms in total. The summed E-state index contributed by atoms with van der Waals surface area (Å²) in [6.07, 6.45) is 1.44. The molecule has 0 bridgehead atoms. The molecular formula is C22H26ClNO4S. The van der Waals surface area contributed by atoms with Crippen molar-refractivity contribution >= 4 is 35.0 Å². The number of hydrogen-bond donors (Lipinski definition) is 3. The number of aryl methyl sites for hydroxylation is 1. The van der Waals surface area contributed by atoms with Crippen LogP contribution in [0, 0.1) is 6.92 Å². The second-order valence-electron chi connectivity index (χ2n) is 7.44. The molecule has 0 saturated carbocycles. The molecular weight excluding hydrogens is 410 g/mol. The number of rotatable bonds is 6. The van der Waals surface area contributed by atoms with Crippen LogP contribution in [0.25, 0.3) is 11.1 Å². The first-order valence-electron chi connectivity index (χ1n) is 9.56. The fourth-order valence-electron chi connectivity index (χ4n) is 3.45. The number of aliphatic hydroxyl groups excluding tert-OH is 1. The van der Waals surface area contributed by atoms with Crippen molar-refractivity contribution < 1.29 is 19.7 Å². The number of benzene rings is 2. The van der Waals surface area contributed by atoms with Crippen LogP contribution in [-0.2, 0) is 11.4 Å². The van der Waals surface area contributed by atoms with Gasteiger partial charge in [-0.05, 0) is 66.7 Å². The zero-order valence-corrected chi connectivity index (χ0v) is 18.2. The number of thioether (sulfide) groups is 1. The van der Waals surface area contributed by atoms with E-state index in [4.69, 9.17) is 16.3 Å². The van der Waals surface area contributed by atoms with Gasteiger partial charge in [0.25, 0.3) is 0 Å². The molecule has 2 aromatic carbocycles. The van der Waals surface area contributed by atoms with E-state index in [2.05, 4.69) is 5.32 Å². The number of carbonyl (C=O) groups is 1. The Bertz CT molecular complexity index is 873. The zero-order valence-electron chi connectivity index (χ0n) is 16.6. The smallest absolute Gasteiger partial charge is 0.221 e. The topological polar surface area (TPSA) is 78.8 Å². The van der Waals surface area contributed by atoms with Crippen molar-refractivity contribution in [2.75, 3.05) is 23.4 Å². The van der Waals surface area contributed by atoms with Crippen LogP contribution in [0.1, 0.15) is 30.9 Å². The first-order chi connectivity index (χ1) is 13.8. The predicted molar refractivity (Wildman–Crippen MR) is 119 cm³/mol. The van der Waals surface area contributed by atoms with E-state index in [9.17, 15) is 15.0 Å². The Balaban J connectivity index is 1.90. The third kappa shape index (κ3) is 5.45. The molecule has 3 rings (SSSR count). The molecule has 3 N–H and O–H groups in total. The molecule has 1 aliphatic heterocycles. The van der Waals surface area contributed by atoms with Gasteiger partial charge in [-0.1, -0.05) is 17.7 Å². The molecule has 1 amide bonds. The Kier molecular flexibility index (Phi) is 7.11. The molecule has 1 saturated heterocycles. The summed E-state index contributed by atoms with van der Waals surface area (Å²) >= 11 is 8.46. The van der Waals surface area contributed by atoms with Gasteiger partial charge in [0.05, 0.1) is 11.6 Å². The molecule has 1 heterocycles. The van der Waals surface area contributed by atoms with E-state index in [-0.39, 0.29) is 19.1 Å². The summed E-state index contributed by atoms with van der Waals surface area (Å²) in [6.45, 7) is 3.49. The van der Waals surface area contributed by atoms with Crippen molar-refractivity contribution in [1.82, 2.24) is 0 Å². The van der Waals surface area contributed by atoms with Crippen molar-refractivity contribution in [2.24, 2.45) is 0 Å². The number of hydrogen-bond acceptors (Lipinski definition) is 5. The summed E-state index contributed by atoms with van der Waals surface area (Å²) in [4.78, 5) is 11.6. The van der Waals surface area contributed by atoms with Gasteiger partial charge in [-0.25, -0.2) is 0 Å². The lowest BCUT2D eigenvalue weighted by Gasteiger charge is -2.31. The van der Waals surface area contributed by atoms with Gasteiger partial charge in [0.2, 0.25) is 5.91 Å². The van der Waals surface area contributed by atoms with Crippen LogP contribution >= 0.6 is 23.4 Å². The summed E-state index contributed by atoms with van der Waals surface area (Å²) in [5.41, 5.74) is 2.94. The number of amides is 1. The monoisotopic (exact) mass is 435 g/mol. The van der Waals surface area contributed by atoms with Crippen LogP contribution in [0.5, 0.6) is 5.75 Å². The summed E-state index contributed by atoms with van der Waals surface area (Å²) in [5.74, 6) is 2.29. The molecule has 7 heteroatoms. The molecule has 0 unspecified atom stereocenters. The van der Waals surface area contributed by atoms with E-state index >= 15 is 0 Å². The number of ether oxygens (including phenoxy) is 1. The highest BCUT2D eigenvalue weighted by Crippen LogP contribution is 2.39. The van der Waals surface area contributed by atoms with Gasteiger partial charge < -0.3 is 20.3 Å². The van der Waals surface area contributed by atoms with Crippen LogP contribution in [0.4, 0.5) is 5.69 Å². The molecule has 2 aromatic rings. The van der Waals surface area contributed by atoms with Gasteiger partial charge in [-0.15, -0.1) is 0 Å². The Morgan fingerprint density at radius 1 is 1.28 bits per heavy atom. The Labute approximate surface area is 180 Å². The lowest BCUT2D eigenvalue weighted by Crippen LogP contribution is -2.39. The fraction of sp³-hybridized carbons (Fsp3) is 0.409. The summed E-state index contributed by atoms with van der Waals surface area (Å²) in [7, 11) is 0. The van der Waals surface area contributed by atoms with E-state index in [0.29, 0.717) is 16.5 Å². The maximum Gasteiger partial charge on any atom is 0.221 e. The first-order valence-corrected chi connectivity index (χ1v) is 11.1. The molecule has 0 aliphatic carbocycles. The summed E-state index contributed by atoms with van der Waals surface area (Å²) in [5, 5.41) is 23.5. The Hall–Kier alpha value is -1.73. The normalized spacial score (nSPS) is 15.8. The maximum atomic E-state index is 11.6. The lowest BCUT2D eigenvalue weighted by atomic mass is 9.96. The third-order valence-corrected chi connectivity index (χ3v) is 6.32. The maximum absolute atomic E-state index is 11.6. The molecule has 29 heavy (non-hydrogen) atoms. The quantitative estimate of drug-likeness (QED) is 0.626. The van der Waals surface area contributed by atoms with Crippen molar-refractivity contribution in [1.29, 1.82) is 0 Å². The van der Waals surface area contributed by atoms with Crippen LogP contribution in [-0.4, -0.2) is 39.8 Å². The van der Waals surface area contributed by atoms with E-state index in [1.165, 1.54) is 6.92 Å². The first kappa shape index (κ1) is 22.0. The minimum absolute atomic E-state index is 0.109. The van der Waals surface area contributed by atoms with E-state index in [1.54, 1.807) is 18.2 Å². The van der Waals surface area contributed by atoms with Crippen molar-refractivity contribution in [2.45, 2.75) is 38.9 Å². The standard InChI is InChI=1S/C22H26ClNO4S/c1-14-9-17(28-13-22(27)5-7-29-8-6-22)11-19(23)21(14)18-10-16(12-25)3-4-20(18)24-15(2)26/h3-4,9-11,25,27H,5-8,12-13H2,1-2H3,(H,24,26). The van der Waals surface area contributed by atoms with Crippen LogP contribution in [0.2, 0.25) is 5.02 Å². The Morgan fingerprint density at radius 2 is 2.00 bits per heavy atom. The van der Waals surface area contributed by atoms with Gasteiger partial charge in [0.15, 0.2) is 0 Å². The number of nitrogens with one attached hydrogen (secondary N) is 1. The number of halogens is 1. The zero-order chi connectivity index (χ0) is 21.0. The molecule has 0 atom stereocenters. The number of carbonyl (C=O) groups excluding carboxylic acids is 1. The highest BCUT2D eigenvalue weighted by molar-refractivity contribution is 7.99. The van der Waals surface area contributed by atoms with Crippen LogP contribution in [0.3, 0.4) is 0 Å². The molecule has 156 valence electrons. The number of aliphatic hydroxyl groups is 2. The highest BCUT2D eigenvalue weighted by Gasteiger charge is 2.30. The largest absolute Gasteiger partial charge is 0.491 e. The van der Waals surface area contributed by atoms with Gasteiger partial charge >= 0.3 is 0 Å². The Morgan fingerprint density at radius 3 is 2.62 bits per heavy atom. The van der Waals surface area contributed by atoms with Crippen molar-refractivity contribution in [3.05, 3.63) is 46.5 Å². The van der Waals surface area contributed by atoms with Gasteiger partial charge in [0.1, 0.15) is 18.0 Å². The number of anilines is 1. The van der Waals surface area contributed by atoms with E-state index < -0.39 is 5.60 Å². The van der Waals surface area contributed by atoms with Gasteiger partial charge in [-0.3, -0.25) is 4.79 Å². The second-order valence-corrected chi connectivity index (χ2v) is 9.07. The highest BCUT2D eigenvalue weighted by atomic mass is 35.5. The van der Waals surface area contributed by atoms with E-state index in [1.807, 2.05) is 30.8 Å². The van der Waals surface area contributed by atoms with Crippen LogP contribution in [0.15, 0.2) is 30.3 Å². The van der Waals surface area contributed by atoms with Crippen molar-refractivity contribution in [3.63, 3.8) is 0 Å². The van der Waals surface area contributed by atoms with Crippen molar-refractivity contribution in [3.8, 4) is 16.9 Å². The molecule has 1 aliphatic rings. The van der Waals surface area contributed by atoms with Gasteiger partial charge in [0, 0.05) is 23.7 Å². The summed E-state index contributed by atoms with van der Waals surface area (Å²) < 4.78 is 5.89. The predicted octanol–water partition coefficient (Wildman–Crippen LogP) is 4.40. The van der Waals surface area contributed by atoms with Crippen LogP contribution < -0.4 is 10.1 Å². The third-order valence-electron chi connectivity index (χ3n) is 5.04. The molecule has 0 radical (unpaired) electrons. The minimum Gasteiger partial charge on any atom is -0.491 e. The van der Waals surface area contributed by atoms with Gasteiger partial charge in [-0.2, -0.15) is 11.8 Å². The average molecular weight is 436 g/mol. The lowest BCUT2D eigenvalue weighted by molar-refractivity contribution is -0.114.